The maximum Gasteiger partial charge on any atom is 0.257 e. The summed E-state index contributed by atoms with van der Waals surface area (Å²) >= 11 is 12.8. The number of likely N-dealkylation sites (tertiary alicyclic amines) is 2. The van der Waals surface area contributed by atoms with E-state index >= 15 is 0 Å². The maximum absolute atomic E-state index is 14.0. The number of hydrogen-bond donors (Lipinski definition) is 1. The highest BCUT2D eigenvalue weighted by molar-refractivity contribution is 6.42. The van der Waals surface area contributed by atoms with Gasteiger partial charge in [0.1, 0.15) is 12.1 Å². The summed E-state index contributed by atoms with van der Waals surface area (Å²) in [4.78, 5) is 34.5. The predicted molar refractivity (Wildman–Crippen MR) is 170 cm³/mol. The molecule has 13 heteroatoms. The Labute approximate surface area is 271 Å². The molecule has 1 N–H and O–H groups in total. The Bertz CT molecular complexity index is 1650. The molecule has 2 saturated heterocycles. The number of carbonyl (C=O) groups excluding carboxylic acids is 2. The highest BCUT2D eigenvalue weighted by Crippen LogP contribution is 2.42. The van der Waals surface area contributed by atoms with Gasteiger partial charge in [0.2, 0.25) is 6.41 Å². The summed E-state index contributed by atoms with van der Waals surface area (Å²) in [5.74, 6) is 0.360. The number of aromatic nitrogens is 5. The molecule has 2 aliphatic rings. The lowest BCUT2D eigenvalue weighted by Crippen LogP contribution is -2.51. The number of piperidine rings is 1. The molecule has 2 aromatic carbocycles. The molecular weight excluding hydrogens is 615 g/mol. The van der Waals surface area contributed by atoms with Gasteiger partial charge in [0.25, 0.3) is 5.91 Å². The molecule has 0 bridgehead atoms. The lowest BCUT2D eigenvalue weighted by molar-refractivity contribution is -0.112. The summed E-state index contributed by atoms with van der Waals surface area (Å²) < 4.78 is 7.08. The Morgan fingerprint density at radius 2 is 1.89 bits per heavy atom. The van der Waals surface area contributed by atoms with Crippen LogP contribution in [0.5, 0.6) is 5.75 Å². The van der Waals surface area contributed by atoms with Crippen LogP contribution in [-0.2, 0) is 15.7 Å². The van der Waals surface area contributed by atoms with E-state index in [1.54, 1.807) is 25.4 Å². The number of pyridine rings is 1. The molecule has 2 aromatic heterocycles. The number of carbonyl (C=O) groups is 2. The van der Waals surface area contributed by atoms with Gasteiger partial charge in [-0.1, -0.05) is 35.3 Å². The molecule has 2 fully saturated rings. The average Bonchev–Trinajstić information content (AvgIpc) is 3.78. The van der Waals surface area contributed by atoms with Crippen LogP contribution in [0.3, 0.4) is 0 Å². The minimum absolute atomic E-state index is 0.123. The molecule has 1 atom stereocenters. The van der Waals surface area contributed by atoms with E-state index in [9.17, 15) is 9.59 Å². The van der Waals surface area contributed by atoms with E-state index in [0.717, 1.165) is 63.0 Å². The Hall–Kier alpha value is -4.06. The van der Waals surface area contributed by atoms with Crippen LogP contribution < -0.4 is 10.1 Å². The molecule has 2 aliphatic heterocycles. The molecule has 0 spiro atoms. The first kappa shape index (κ1) is 30.9. The van der Waals surface area contributed by atoms with Crippen molar-refractivity contribution in [3.63, 3.8) is 0 Å². The summed E-state index contributed by atoms with van der Waals surface area (Å²) in [6, 6.07) is 16.9. The number of amides is 2. The predicted octanol–water partition coefficient (Wildman–Crippen LogP) is 4.28. The van der Waals surface area contributed by atoms with Crippen LogP contribution in [-0.4, -0.2) is 87.1 Å². The number of nitrogens with one attached hydrogen (secondary N) is 1. The van der Waals surface area contributed by atoms with Crippen LogP contribution >= 0.6 is 23.2 Å². The smallest absolute Gasteiger partial charge is 0.257 e. The highest BCUT2D eigenvalue weighted by atomic mass is 35.5. The van der Waals surface area contributed by atoms with Crippen molar-refractivity contribution in [2.45, 2.75) is 36.6 Å². The number of benzene rings is 2. The normalized spacial score (nSPS) is 19.8. The van der Waals surface area contributed by atoms with E-state index in [0.29, 0.717) is 40.1 Å². The van der Waals surface area contributed by atoms with Crippen molar-refractivity contribution in [2.24, 2.45) is 0 Å². The van der Waals surface area contributed by atoms with E-state index in [2.05, 4.69) is 30.7 Å². The van der Waals surface area contributed by atoms with Crippen molar-refractivity contribution < 1.29 is 14.3 Å². The number of methoxy groups -OCH3 is 1. The van der Waals surface area contributed by atoms with Crippen molar-refractivity contribution in [3.05, 3.63) is 94.0 Å². The Morgan fingerprint density at radius 3 is 2.58 bits per heavy atom. The van der Waals surface area contributed by atoms with Crippen LogP contribution in [0.2, 0.25) is 10.0 Å². The molecule has 11 nitrogen and oxygen atoms in total. The van der Waals surface area contributed by atoms with Crippen molar-refractivity contribution >= 4 is 35.5 Å². The number of nitrogens with zero attached hydrogens (tertiary/aromatic N) is 7. The molecule has 6 rings (SSSR count). The third-order valence-corrected chi connectivity index (χ3v) is 10.0. The third kappa shape index (κ3) is 6.25. The summed E-state index contributed by atoms with van der Waals surface area (Å²) in [5.41, 5.74) is 2.24. The SMILES string of the molecule is COc1ccc(-n2cnnn2)cc1C(=O)N1CCC(CCN2CCC(NC=O)(c3ccccn3)CC2)(c2ccc(Cl)c(Cl)c2)C1. The van der Waals surface area contributed by atoms with Crippen LogP contribution in [0, 0.1) is 0 Å². The van der Waals surface area contributed by atoms with Gasteiger partial charge in [-0.25, -0.2) is 4.68 Å². The van der Waals surface area contributed by atoms with Gasteiger partial charge >= 0.3 is 0 Å². The first-order valence-electron chi connectivity index (χ1n) is 14.9. The Balaban J connectivity index is 1.22. The molecule has 234 valence electrons. The van der Waals surface area contributed by atoms with E-state index in [4.69, 9.17) is 27.9 Å². The summed E-state index contributed by atoms with van der Waals surface area (Å²) in [7, 11) is 1.55. The second kappa shape index (κ2) is 13.1. The van der Waals surface area contributed by atoms with Crippen molar-refractivity contribution in [1.82, 2.24) is 40.3 Å². The van der Waals surface area contributed by atoms with Crippen molar-refractivity contribution in [3.8, 4) is 11.4 Å². The van der Waals surface area contributed by atoms with E-state index in [1.807, 2.05) is 47.4 Å². The van der Waals surface area contributed by atoms with Gasteiger partial charge in [0.05, 0.1) is 39.6 Å². The fourth-order valence-corrected chi connectivity index (χ4v) is 6.97. The molecule has 45 heavy (non-hydrogen) atoms. The third-order valence-electron chi connectivity index (χ3n) is 9.31. The summed E-state index contributed by atoms with van der Waals surface area (Å²) in [6.07, 6.45) is 7.12. The number of tetrazole rings is 1. The fourth-order valence-electron chi connectivity index (χ4n) is 6.67. The van der Waals surface area contributed by atoms with Gasteiger partial charge in [-0.05, 0) is 90.7 Å². The van der Waals surface area contributed by atoms with Crippen LogP contribution in [0.4, 0.5) is 0 Å². The zero-order valence-corrected chi connectivity index (χ0v) is 26.4. The van der Waals surface area contributed by atoms with Gasteiger partial charge in [-0.15, -0.1) is 5.10 Å². The van der Waals surface area contributed by atoms with Gasteiger partial charge in [-0.2, -0.15) is 0 Å². The largest absolute Gasteiger partial charge is 0.496 e. The van der Waals surface area contributed by atoms with E-state index in [1.165, 1.54) is 11.0 Å². The Kier molecular flexibility index (Phi) is 9.02. The topological polar surface area (TPSA) is 118 Å². The average molecular weight is 650 g/mol. The number of rotatable bonds is 10. The van der Waals surface area contributed by atoms with Gasteiger partial charge in [0.15, 0.2) is 0 Å². The molecule has 4 heterocycles. The fraction of sp³-hybridized carbons (Fsp3) is 0.375. The lowest BCUT2D eigenvalue weighted by Gasteiger charge is -2.42. The van der Waals surface area contributed by atoms with Crippen molar-refractivity contribution in [1.29, 1.82) is 0 Å². The lowest BCUT2D eigenvalue weighted by atomic mass is 9.76. The quantitative estimate of drug-likeness (QED) is 0.253. The van der Waals surface area contributed by atoms with Crippen molar-refractivity contribution in [2.75, 3.05) is 39.8 Å². The second-order valence-electron chi connectivity index (χ2n) is 11.7. The molecular formula is C32H34Cl2N8O3. The van der Waals surface area contributed by atoms with Crippen LogP contribution in [0.15, 0.2) is 67.1 Å². The monoisotopic (exact) mass is 648 g/mol. The number of ether oxygens (including phenoxy) is 1. The zero-order chi connectivity index (χ0) is 31.4. The van der Waals surface area contributed by atoms with E-state index in [-0.39, 0.29) is 11.3 Å². The first-order chi connectivity index (χ1) is 21.9. The molecule has 0 aliphatic carbocycles. The first-order valence-corrected chi connectivity index (χ1v) is 15.6. The molecule has 1 unspecified atom stereocenters. The standard InChI is InChI=1S/C32H34Cl2N8O3/c1-45-28-8-6-24(42-21-37-38-39-42)19-25(28)30(44)41-17-10-31(20-41,23-5-7-26(33)27(34)18-23)9-14-40-15-11-32(12-16-40,36-22-43)29-4-2-3-13-35-29/h2-8,13,18-19,21-22H,9-12,14-17,20H2,1H3,(H,36,43). The van der Waals surface area contributed by atoms with E-state index < -0.39 is 5.54 Å². The summed E-state index contributed by atoms with van der Waals surface area (Å²) in [6.45, 7) is 3.51. The highest BCUT2D eigenvalue weighted by Gasteiger charge is 2.43. The molecule has 4 aromatic rings. The minimum Gasteiger partial charge on any atom is -0.496 e. The minimum atomic E-state index is -0.479. The zero-order valence-electron chi connectivity index (χ0n) is 24.9. The molecule has 0 radical (unpaired) electrons. The molecule has 2 amide bonds. The summed E-state index contributed by atoms with van der Waals surface area (Å²) in [5, 5.41) is 15.4. The second-order valence-corrected chi connectivity index (χ2v) is 12.5. The van der Waals surface area contributed by atoms with Gasteiger partial charge in [-0.3, -0.25) is 14.6 Å². The maximum atomic E-state index is 14.0. The Morgan fingerprint density at radius 1 is 1.04 bits per heavy atom. The molecule has 0 saturated carbocycles. The van der Waals surface area contributed by atoms with Gasteiger partial charge in [0, 0.05) is 37.8 Å². The van der Waals surface area contributed by atoms with Crippen LogP contribution in [0.1, 0.15) is 47.3 Å². The van der Waals surface area contributed by atoms with Crippen LogP contribution in [0.25, 0.3) is 5.69 Å². The van der Waals surface area contributed by atoms with Gasteiger partial charge < -0.3 is 19.9 Å². The number of hydrogen-bond acceptors (Lipinski definition) is 8. The number of halogens is 2.